The largest absolute Gasteiger partial charge is 0.366 e. The van der Waals surface area contributed by atoms with Gasteiger partial charge in [0.25, 0.3) is 0 Å². The molecule has 1 aromatic carbocycles. The van der Waals surface area contributed by atoms with Crippen molar-refractivity contribution in [2.24, 2.45) is 5.73 Å². The molecule has 0 aliphatic rings. The van der Waals surface area contributed by atoms with Gasteiger partial charge in [0.15, 0.2) is 0 Å². The normalized spacial score (nSPS) is 10.7. The minimum absolute atomic E-state index is 0.0939. The number of nitrogens with two attached hydrogens (primary N) is 1. The van der Waals surface area contributed by atoms with Crippen LogP contribution in [-0.4, -0.2) is 30.3 Å². The van der Waals surface area contributed by atoms with E-state index in [0.717, 1.165) is 6.54 Å². The number of likely N-dealkylation sites (N-methyl/N-ethyl adjacent to an activating group) is 1. The number of thiophene rings is 1. The lowest BCUT2D eigenvalue weighted by Crippen LogP contribution is -2.29. The van der Waals surface area contributed by atoms with Crippen LogP contribution in [0.1, 0.15) is 20.8 Å². The maximum absolute atomic E-state index is 12.0. The lowest BCUT2D eigenvalue weighted by atomic mass is 10.2. The molecule has 1 heterocycles. The third-order valence-corrected chi connectivity index (χ3v) is 4.26. The average molecular weight is 317 g/mol. The Hall–Kier alpha value is -2.18. The molecule has 0 bridgehead atoms. The third kappa shape index (κ3) is 4.41. The summed E-state index contributed by atoms with van der Waals surface area (Å²) in [6.45, 7) is 3.12. The van der Waals surface area contributed by atoms with Gasteiger partial charge in [-0.2, -0.15) is 0 Å². The zero-order valence-electron chi connectivity index (χ0n) is 12.6. The Morgan fingerprint density at radius 2 is 1.91 bits per heavy atom. The maximum Gasteiger partial charge on any atom is 0.248 e. The second kappa shape index (κ2) is 7.20. The van der Waals surface area contributed by atoms with Crippen LogP contribution >= 0.6 is 11.3 Å². The van der Waals surface area contributed by atoms with Gasteiger partial charge in [-0.25, -0.2) is 0 Å². The van der Waals surface area contributed by atoms with E-state index in [1.807, 2.05) is 11.9 Å². The molecule has 2 rings (SSSR count). The second-order valence-corrected chi connectivity index (χ2v) is 6.19. The number of hydrogen-bond donors (Lipinski definition) is 2. The van der Waals surface area contributed by atoms with E-state index in [4.69, 9.17) is 5.73 Å². The lowest BCUT2D eigenvalue weighted by Gasteiger charge is -2.16. The summed E-state index contributed by atoms with van der Waals surface area (Å²) in [5.74, 6) is -0.576. The smallest absolute Gasteiger partial charge is 0.248 e. The number of amides is 2. The summed E-state index contributed by atoms with van der Waals surface area (Å²) in [5, 5.41) is 4.86. The first kappa shape index (κ1) is 16.2. The lowest BCUT2D eigenvalue weighted by molar-refractivity contribution is -0.117. The van der Waals surface area contributed by atoms with Crippen molar-refractivity contribution >= 4 is 28.8 Å². The van der Waals surface area contributed by atoms with Gasteiger partial charge < -0.3 is 11.1 Å². The minimum Gasteiger partial charge on any atom is -0.366 e. The van der Waals surface area contributed by atoms with Crippen LogP contribution in [0.2, 0.25) is 0 Å². The van der Waals surface area contributed by atoms with Crippen molar-refractivity contribution in [2.75, 3.05) is 18.9 Å². The summed E-state index contributed by atoms with van der Waals surface area (Å²) >= 11 is 1.70. The highest BCUT2D eigenvalue weighted by atomic mass is 32.1. The predicted molar refractivity (Wildman–Crippen MR) is 89.0 cm³/mol. The van der Waals surface area contributed by atoms with Gasteiger partial charge in [0.2, 0.25) is 11.8 Å². The number of nitrogens with one attached hydrogen (secondary N) is 1. The van der Waals surface area contributed by atoms with E-state index < -0.39 is 5.91 Å². The van der Waals surface area contributed by atoms with Crippen molar-refractivity contribution in [3.05, 3.63) is 51.7 Å². The van der Waals surface area contributed by atoms with E-state index in [-0.39, 0.29) is 5.91 Å². The highest BCUT2D eigenvalue weighted by molar-refractivity contribution is 7.10. The van der Waals surface area contributed by atoms with Crippen LogP contribution in [0, 0.1) is 6.92 Å². The molecule has 0 radical (unpaired) electrons. The number of nitrogens with zero attached hydrogens (tertiary/aromatic N) is 1. The molecule has 6 heteroatoms. The van der Waals surface area contributed by atoms with Crippen molar-refractivity contribution < 1.29 is 9.59 Å². The molecule has 0 unspecified atom stereocenters. The van der Waals surface area contributed by atoms with Gasteiger partial charge in [-0.15, -0.1) is 11.3 Å². The summed E-state index contributed by atoms with van der Waals surface area (Å²) < 4.78 is 0. The first-order valence-electron chi connectivity index (χ1n) is 6.87. The molecule has 0 aliphatic carbocycles. The molecule has 0 fully saturated rings. The van der Waals surface area contributed by atoms with Gasteiger partial charge in [0, 0.05) is 22.7 Å². The summed E-state index contributed by atoms with van der Waals surface area (Å²) in [6, 6.07) is 8.60. The van der Waals surface area contributed by atoms with Gasteiger partial charge in [0.05, 0.1) is 6.54 Å². The number of benzene rings is 1. The fraction of sp³-hybridized carbons (Fsp3) is 0.250. The van der Waals surface area contributed by atoms with E-state index in [2.05, 4.69) is 23.7 Å². The van der Waals surface area contributed by atoms with Crippen LogP contribution in [0.5, 0.6) is 0 Å². The van der Waals surface area contributed by atoms with Gasteiger partial charge >= 0.3 is 0 Å². The summed E-state index contributed by atoms with van der Waals surface area (Å²) in [5.41, 5.74) is 7.49. The Morgan fingerprint density at radius 3 is 2.45 bits per heavy atom. The molecule has 0 saturated heterocycles. The quantitative estimate of drug-likeness (QED) is 0.858. The van der Waals surface area contributed by atoms with E-state index in [1.165, 1.54) is 10.4 Å². The molecule has 1 aromatic heterocycles. The number of carbonyl (C=O) groups is 2. The minimum atomic E-state index is -0.482. The number of primary amides is 1. The Morgan fingerprint density at radius 1 is 1.23 bits per heavy atom. The van der Waals surface area contributed by atoms with Crippen LogP contribution in [0.15, 0.2) is 35.7 Å². The number of rotatable bonds is 6. The van der Waals surface area contributed by atoms with E-state index >= 15 is 0 Å². The van der Waals surface area contributed by atoms with E-state index in [1.54, 1.807) is 35.6 Å². The Kier molecular flexibility index (Phi) is 5.30. The van der Waals surface area contributed by atoms with Gasteiger partial charge in [0.1, 0.15) is 0 Å². The highest BCUT2D eigenvalue weighted by Gasteiger charge is 2.10. The molecule has 0 atom stereocenters. The topological polar surface area (TPSA) is 75.4 Å². The van der Waals surface area contributed by atoms with Crippen LogP contribution in [0.3, 0.4) is 0 Å². The highest BCUT2D eigenvalue weighted by Crippen LogP contribution is 2.17. The Balaban J connectivity index is 1.87. The fourth-order valence-electron chi connectivity index (χ4n) is 2.03. The first-order valence-corrected chi connectivity index (χ1v) is 7.75. The molecule has 5 nitrogen and oxygen atoms in total. The zero-order chi connectivity index (χ0) is 16.1. The number of carbonyl (C=O) groups excluding carboxylic acids is 2. The molecule has 0 saturated carbocycles. The van der Waals surface area contributed by atoms with E-state index in [9.17, 15) is 9.59 Å². The SMILES string of the molecule is Cc1ccsc1CN(C)CC(=O)Nc1ccc(C(N)=O)cc1. The zero-order valence-corrected chi connectivity index (χ0v) is 13.4. The van der Waals surface area contributed by atoms with Gasteiger partial charge in [-0.05, 0) is 55.2 Å². The van der Waals surface area contributed by atoms with E-state index in [0.29, 0.717) is 17.8 Å². The van der Waals surface area contributed by atoms with Crippen molar-refractivity contribution in [2.45, 2.75) is 13.5 Å². The van der Waals surface area contributed by atoms with Crippen LogP contribution in [0.25, 0.3) is 0 Å². The van der Waals surface area contributed by atoms with Gasteiger partial charge in [-0.1, -0.05) is 0 Å². The Labute approximate surface area is 133 Å². The molecule has 3 N–H and O–H groups in total. The molecular formula is C16H19N3O2S. The molecule has 2 aromatic rings. The fourth-order valence-corrected chi connectivity index (χ4v) is 3.02. The summed E-state index contributed by atoms with van der Waals surface area (Å²) in [4.78, 5) is 26.2. The van der Waals surface area contributed by atoms with Gasteiger partial charge in [-0.3, -0.25) is 14.5 Å². The summed E-state index contributed by atoms with van der Waals surface area (Å²) in [6.07, 6.45) is 0. The van der Waals surface area contributed by atoms with Crippen LogP contribution < -0.4 is 11.1 Å². The summed E-state index contributed by atoms with van der Waals surface area (Å²) in [7, 11) is 1.91. The number of hydrogen-bond acceptors (Lipinski definition) is 4. The third-order valence-electron chi connectivity index (χ3n) is 3.25. The molecule has 22 heavy (non-hydrogen) atoms. The van der Waals surface area contributed by atoms with Crippen LogP contribution in [0.4, 0.5) is 5.69 Å². The Bertz CT molecular complexity index is 664. The van der Waals surface area contributed by atoms with Crippen molar-refractivity contribution in [3.8, 4) is 0 Å². The van der Waals surface area contributed by atoms with Crippen molar-refractivity contribution in [3.63, 3.8) is 0 Å². The average Bonchev–Trinajstić information content (AvgIpc) is 2.84. The van der Waals surface area contributed by atoms with Crippen molar-refractivity contribution in [1.29, 1.82) is 0 Å². The number of aryl methyl sites for hydroxylation is 1. The monoisotopic (exact) mass is 317 g/mol. The standard InChI is InChI=1S/C16H19N3O2S/c1-11-7-8-22-14(11)9-19(2)10-15(20)18-13-5-3-12(4-6-13)16(17)21/h3-8H,9-10H2,1-2H3,(H2,17,21)(H,18,20). The molecule has 2 amide bonds. The van der Waals surface area contributed by atoms with Crippen LogP contribution in [-0.2, 0) is 11.3 Å². The molecule has 0 spiro atoms. The molecule has 0 aliphatic heterocycles. The second-order valence-electron chi connectivity index (χ2n) is 5.19. The number of anilines is 1. The predicted octanol–water partition coefficient (Wildman–Crippen LogP) is 2.23. The van der Waals surface area contributed by atoms with Crippen molar-refractivity contribution in [1.82, 2.24) is 4.90 Å². The first-order chi connectivity index (χ1) is 10.5. The molecular weight excluding hydrogens is 298 g/mol. The molecule has 116 valence electrons. The maximum atomic E-state index is 12.0.